The number of hydrogen-bond acceptors (Lipinski definition) is 6. The number of nitriles is 1. The Morgan fingerprint density at radius 1 is 1.39 bits per heavy atom. The summed E-state index contributed by atoms with van der Waals surface area (Å²) in [7, 11) is 0. The van der Waals surface area contributed by atoms with E-state index in [1.807, 2.05) is 31.7 Å². The second-order valence-electron chi connectivity index (χ2n) is 8.73. The SMILES string of the molecule is CCOc1cc(C(C)N2CCc3c(Br)cc(CCN4C[C@@H](O)[C@H]4C)cc3C2=O)ncc1C#N. The van der Waals surface area contributed by atoms with Crippen LogP contribution in [0, 0.1) is 11.3 Å². The maximum Gasteiger partial charge on any atom is 0.254 e. The highest BCUT2D eigenvalue weighted by Gasteiger charge is 2.34. The number of aliphatic hydroxyl groups is 1. The summed E-state index contributed by atoms with van der Waals surface area (Å²) >= 11 is 3.68. The topological polar surface area (TPSA) is 89.7 Å². The van der Waals surface area contributed by atoms with Gasteiger partial charge in [0.1, 0.15) is 17.4 Å². The molecule has 1 aromatic heterocycles. The fourth-order valence-corrected chi connectivity index (χ4v) is 5.28. The van der Waals surface area contributed by atoms with Crippen LogP contribution in [0.25, 0.3) is 0 Å². The van der Waals surface area contributed by atoms with Crippen LogP contribution in [0.5, 0.6) is 5.75 Å². The number of carbonyl (C=O) groups excluding carboxylic acids is 1. The van der Waals surface area contributed by atoms with Crippen molar-refractivity contribution in [1.29, 1.82) is 5.26 Å². The van der Waals surface area contributed by atoms with Gasteiger partial charge in [-0.25, -0.2) is 0 Å². The average molecular weight is 513 g/mol. The summed E-state index contributed by atoms with van der Waals surface area (Å²) < 4.78 is 6.58. The Bertz CT molecular complexity index is 1100. The lowest BCUT2D eigenvalue weighted by Gasteiger charge is -2.43. The minimum atomic E-state index is -0.247. The minimum absolute atomic E-state index is 0.0110. The first-order chi connectivity index (χ1) is 15.8. The van der Waals surface area contributed by atoms with E-state index in [0.717, 1.165) is 40.5 Å². The van der Waals surface area contributed by atoms with Gasteiger partial charge in [-0.05, 0) is 56.9 Å². The number of pyridine rings is 1. The molecule has 0 saturated carbocycles. The van der Waals surface area contributed by atoms with Crippen LogP contribution >= 0.6 is 15.9 Å². The smallest absolute Gasteiger partial charge is 0.254 e. The summed E-state index contributed by atoms with van der Waals surface area (Å²) in [4.78, 5) is 22.1. The van der Waals surface area contributed by atoms with Gasteiger partial charge in [0.15, 0.2) is 0 Å². The molecule has 1 N–H and O–H groups in total. The van der Waals surface area contributed by atoms with Crippen LogP contribution in [-0.4, -0.2) is 64.2 Å². The number of aromatic nitrogens is 1. The van der Waals surface area contributed by atoms with Crippen LogP contribution in [0.4, 0.5) is 0 Å². The van der Waals surface area contributed by atoms with Crippen molar-refractivity contribution < 1.29 is 14.6 Å². The molecule has 1 amide bonds. The maximum absolute atomic E-state index is 13.5. The predicted octanol–water partition coefficient (Wildman–Crippen LogP) is 3.48. The number of rotatable bonds is 7. The largest absolute Gasteiger partial charge is 0.492 e. The lowest BCUT2D eigenvalue weighted by Crippen LogP contribution is -2.58. The van der Waals surface area contributed by atoms with Crippen LogP contribution in [0.2, 0.25) is 0 Å². The normalized spacial score (nSPS) is 21.2. The molecule has 4 rings (SSSR count). The van der Waals surface area contributed by atoms with Crippen molar-refractivity contribution in [3.8, 4) is 11.8 Å². The molecule has 1 fully saturated rings. The zero-order valence-electron chi connectivity index (χ0n) is 19.2. The molecule has 2 aromatic rings. The summed E-state index contributed by atoms with van der Waals surface area (Å²) in [5.41, 5.74) is 3.97. The molecule has 0 spiro atoms. The van der Waals surface area contributed by atoms with E-state index in [9.17, 15) is 15.2 Å². The van der Waals surface area contributed by atoms with Crippen LogP contribution < -0.4 is 4.74 Å². The van der Waals surface area contributed by atoms with Gasteiger partial charge >= 0.3 is 0 Å². The highest BCUT2D eigenvalue weighted by Crippen LogP contribution is 2.33. The van der Waals surface area contributed by atoms with E-state index in [1.165, 1.54) is 6.20 Å². The quantitative estimate of drug-likeness (QED) is 0.610. The fourth-order valence-electron chi connectivity index (χ4n) is 4.57. The van der Waals surface area contributed by atoms with Crippen molar-refractivity contribution >= 4 is 21.8 Å². The van der Waals surface area contributed by atoms with Crippen molar-refractivity contribution in [1.82, 2.24) is 14.8 Å². The van der Waals surface area contributed by atoms with E-state index < -0.39 is 0 Å². The Kier molecular flexibility index (Phi) is 7.03. The summed E-state index contributed by atoms with van der Waals surface area (Å²) in [6.45, 7) is 8.48. The number of amides is 1. The molecular weight excluding hydrogens is 484 g/mol. The number of halogens is 1. The van der Waals surface area contributed by atoms with Crippen molar-refractivity contribution in [2.24, 2.45) is 0 Å². The van der Waals surface area contributed by atoms with Crippen molar-refractivity contribution in [2.45, 2.75) is 51.8 Å². The lowest BCUT2D eigenvalue weighted by molar-refractivity contribution is -0.0510. The summed E-state index contributed by atoms with van der Waals surface area (Å²) in [5.74, 6) is 0.486. The number of likely N-dealkylation sites (tertiary alicyclic amines) is 1. The van der Waals surface area contributed by atoms with Crippen molar-refractivity contribution in [3.63, 3.8) is 0 Å². The monoisotopic (exact) mass is 512 g/mol. The van der Waals surface area contributed by atoms with Crippen molar-refractivity contribution in [3.05, 3.63) is 56.8 Å². The molecule has 1 saturated heterocycles. The van der Waals surface area contributed by atoms with Crippen LogP contribution in [-0.2, 0) is 12.8 Å². The standard InChI is InChI=1S/C25H29BrN4O3/c1-4-33-24-11-22(28-13-18(24)12-27)15(2)30-8-6-19-20(25(30)32)9-17(10-21(19)26)5-7-29-14-23(31)16(29)3/h9-11,13,15-16,23,31H,4-8,14H2,1-3H3/t15?,16-,23-/m1/s1. The minimum Gasteiger partial charge on any atom is -0.492 e. The van der Waals surface area contributed by atoms with E-state index in [1.54, 1.807) is 6.07 Å². The summed E-state index contributed by atoms with van der Waals surface area (Å²) in [6, 6.07) is 7.94. The van der Waals surface area contributed by atoms with Crippen LogP contribution in [0.15, 0.2) is 28.9 Å². The molecule has 33 heavy (non-hydrogen) atoms. The zero-order valence-corrected chi connectivity index (χ0v) is 20.8. The van der Waals surface area contributed by atoms with Gasteiger partial charge in [0.05, 0.1) is 24.4 Å². The Labute approximate surface area is 203 Å². The molecule has 1 unspecified atom stereocenters. The molecule has 0 aliphatic carbocycles. The third kappa shape index (κ3) is 4.63. The molecule has 2 aliphatic heterocycles. The molecule has 7 nitrogen and oxygen atoms in total. The first-order valence-electron chi connectivity index (χ1n) is 11.4. The number of benzene rings is 1. The third-order valence-electron chi connectivity index (χ3n) is 6.79. The van der Waals surface area contributed by atoms with E-state index in [2.05, 4.69) is 37.9 Å². The second kappa shape index (κ2) is 9.80. The first kappa shape index (κ1) is 23.7. The molecule has 8 heteroatoms. The van der Waals surface area contributed by atoms with E-state index in [4.69, 9.17) is 4.74 Å². The molecule has 3 atom stereocenters. The molecular formula is C25H29BrN4O3. The molecule has 2 aliphatic rings. The van der Waals surface area contributed by atoms with Gasteiger partial charge in [-0.3, -0.25) is 14.7 Å². The molecule has 3 heterocycles. The summed E-state index contributed by atoms with van der Waals surface area (Å²) in [5, 5.41) is 19.0. The Morgan fingerprint density at radius 2 is 2.18 bits per heavy atom. The Hall–Kier alpha value is -2.47. The lowest BCUT2D eigenvalue weighted by atomic mass is 9.93. The first-order valence-corrected chi connectivity index (χ1v) is 12.2. The predicted molar refractivity (Wildman–Crippen MR) is 128 cm³/mol. The number of hydrogen-bond donors (Lipinski definition) is 1. The van der Waals surface area contributed by atoms with Gasteiger partial charge < -0.3 is 14.7 Å². The van der Waals surface area contributed by atoms with Gasteiger partial charge in [0, 0.05) is 48.0 Å². The number of carbonyl (C=O) groups is 1. The molecule has 174 valence electrons. The summed E-state index contributed by atoms with van der Waals surface area (Å²) in [6.07, 6.45) is 2.86. The number of aliphatic hydroxyl groups excluding tert-OH is 1. The van der Waals surface area contributed by atoms with E-state index in [0.29, 0.717) is 36.7 Å². The number of nitrogens with zero attached hydrogens (tertiary/aromatic N) is 4. The average Bonchev–Trinajstić information content (AvgIpc) is 2.81. The third-order valence-corrected chi connectivity index (χ3v) is 7.50. The Morgan fingerprint density at radius 3 is 2.85 bits per heavy atom. The number of ether oxygens (including phenoxy) is 1. The van der Waals surface area contributed by atoms with Crippen molar-refractivity contribution in [2.75, 3.05) is 26.2 Å². The van der Waals surface area contributed by atoms with E-state index >= 15 is 0 Å². The van der Waals surface area contributed by atoms with Crippen LogP contribution in [0.1, 0.15) is 59.6 Å². The second-order valence-corrected chi connectivity index (χ2v) is 9.59. The zero-order chi connectivity index (χ0) is 23.7. The van der Waals surface area contributed by atoms with E-state index in [-0.39, 0.29) is 24.1 Å². The molecule has 0 radical (unpaired) electrons. The molecule has 1 aromatic carbocycles. The van der Waals surface area contributed by atoms with Gasteiger partial charge in [-0.1, -0.05) is 15.9 Å². The maximum atomic E-state index is 13.5. The van der Waals surface area contributed by atoms with Gasteiger partial charge in [0.2, 0.25) is 0 Å². The Balaban J connectivity index is 1.54. The fraction of sp³-hybridized carbons (Fsp3) is 0.480. The highest BCUT2D eigenvalue weighted by molar-refractivity contribution is 9.10. The number of fused-ring (bicyclic) bond motifs is 1. The van der Waals surface area contributed by atoms with Gasteiger partial charge in [-0.2, -0.15) is 5.26 Å². The van der Waals surface area contributed by atoms with Gasteiger partial charge in [0.25, 0.3) is 5.91 Å². The molecule has 0 bridgehead atoms. The highest BCUT2D eigenvalue weighted by atomic mass is 79.9. The van der Waals surface area contributed by atoms with Crippen LogP contribution in [0.3, 0.4) is 0 Å². The number of β-amino-alcohol motifs (C(OH)–C–C–N with tert-alkyl or cyclic N) is 1. The van der Waals surface area contributed by atoms with Gasteiger partial charge in [-0.15, -0.1) is 0 Å².